The number of carbonyl (C=O) groups is 4. The highest BCUT2D eigenvalue weighted by Gasteiger charge is 2.38. The number of nitrogens with one attached hydrogen (secondary N) is 1. The van der Waals surface area contributed by atoms with Gasteiger partial charge in [0.1, 0.15) is 5.54 Å². The SMILES string of the molecule is CCOC(=O)C(CC)(CCc1ccc(Sc2ccc(C(=O)COC(C)=O)cc2)cc1)NC(C)=O.O=C=O. The van der Waals surface area contributed by atoms with Crippen LogP contribution in [0.1, 0.15) is 56.5 Å². The standard InChI is InChI=1S/C26H31NO6S.CO2/c1-5-26(27-18(3)28,25(31)32-6-2)16-15-20-7-11-22(12-8-20)34-23-13-9-21(10-14-23)24(30)17-33-19(4)29;2-1-3/h7-14H,5-6,15-17H2,1-4H3,(H,27,28);. The predicted molar refractivity (Wildman–Crippen MR) is 135 cm³/mol. The Morgan fingerprint density at radius 1 is 0.892 bits per heavy atom. The van der Waals surface area contributed by atoms with Crippen LogP contribution in [0.5, 0.6) is 0 Å². The van der Waals surface area contributed by atoms with Crippen LogP contribution in [-0.4, -0.2) is 48.5 Å². The second-order valence-electron chi connectivity index (χ2n) is 7.89. The van der Waals surface area contributed by atoms with Crippen LogP contribution in [-0.2, 0) is 39.9 Å². The van der Waals surface area contributed by atoms with Gasteiger partial charge >= 0.3 is 18.1 Å². The van der Waals surface area contributed by atoms with Crippen LogP contribution in [0.15, 0.2) is 58.3 Å². The second-order valence-corrected chi connectivity index (χ2v) is 9.04. The molecule has 0 aliphatic heterocycles. The highest BCUT2D eigenvalue weighted by Crippen LogP contribution is 2.29. The minimum Gasteiger partial charge on any atom is -0.464 e. The normalized spacial score (nSPS) is 11.6. The molecule has 37 heavy (non-hydrogen) atoms. The molecule has 0 fully saturated rings. The Morgan fingerprint density at radius 3 is 1.89 bits per heavy atom. The van der Waals surface area contributed by atoms with Crippen molar-refractivity contribution in [3.05, 3.63) is 59.7 Å². The summed E-state index contributed by atoms with van der Waals surface area (Å²) in [5.41, 5.74) is 0.494. The monoisotopic (exact) mass is 529 g/mol. The van der Waals surface area contributed by atoms with Gasteiger partial charge in [-0.3, -0.25) is 14.4 Å². The maximum atomic E-state index is 12.6. The molecule has 0 aliphatic rings. The minimum absolute atomic E-state index is 0.249. The molecular formula is C27H31NO8S. The van der Waals surface area contributed by atoms with Gasteiger partial charge in [-0.1, -0.05) is 43.0 Å². The quantitative estimate of drug-likeness (QED) is 0.322. The Hall–Kier alpha value is -3.75. The van der Waals surface area contributed by atoms with Crippen LogP contribution >= 0.6 is 11.8 Å². The molecule has 10 heteroatoms. The fourth-order valence-corrected chi connectivity index (χ4v) is 4.23. The van der Waals surface area contributed by atoms with E-state index in [1.54, 1.807) is 30.8 Å². The van der Waals surface area contributed by atoms with Crippen molar-refractivity contribution in [3.8, 4) is 0 Å². The summed E-state index contributed by atoms with van der Waals surface area (Å²) in [5, 5.41) is 2.80. The highest BCUT2D eigenvalue weighted by atomic mass is 32.2. The molecule has 2 aromatic carbocycles. The first kappa shape index (κ1) is 31.3. The zero-order valence-electron chi connectivity index (χ0n) is 21.3. The van der Waals surface area contributed by atoms with E-state index in [0.29, 0.717) is 24.8 Å². The molecule has 0 heterocycles. The molecule has 2 rings (SSSR count). The topological polar surface area (TPSA) is 133 Å². The first-order valence-corrected chi connectivity index (χ1v) is 12.4. The van der Waals surface area contributed by atoms with Crippen LogP contribution in [0, 0.1) is 0 Å². The number of ketones is 1. The number of amides is 1. The van der Waals surface area contributed by atoms with Gasteiger partial charge in [0.25, 0.3) is 0 Å². The third-order valence-electron chi connectivity index (χ3n) is 5.27. The summed E-state index contributed by atoms with van der Waals surface area (Å²) in [6, 6.07) is 15.1. The molecule has 9 nitrogen and oxygen atoms in total. The average Bonchev–Trinajstić information content (AvgIpc) is 2.87. The molecule has 0 bridgehead atoms. The fourth-order valence-electron chi connectivity index (χ4n) is 3.41. The Labute approximate surface area is 220 Å². The summed E-state index contributed by atoms with van der Waals surface area (Å²) in [4.78, 5) is 65.4. The second kappa shape index (κ2) is 16.1. The zero-order chi connectivity index (χ0) is 27.8. The summed E-state index contributed by atoms with van der Waals surface area (Å²) in [6.07, 6.45) is 1.74. The third-order valence-corrected chi connectivity index (χ3v) is 6.28. The number of Topliss-reactive ketones (excluding diaryl/α,β-unsaturated/α-hetero) is 1. The van der Waals surface area contributed by atoms with Gasteiger partial charge in [-0.25, -0.2) is 4.79 Å². The van der Waals surface area contributed by atoms with Gasteiger partial charge in [0, 0.05) is 29.2 Å². The number of hydrogen-bond acceptors (Lipinski definition) is 9. The zero-order valence-corrected chi connectivity index (χ0v) is 22.1. The van der Waals surface area contributed by atoms with Gasteiger partial charge in [0.15, 0.2) is 12.4 Å². The van der Waals surface area contributed by atoms with Crippen molar-refractivity contribution < 1.29 is 38.2 Å². The van der Waals surface area contributed by atoms with Gasteiger partial charge in [0.2, 0.25) is 5.91 Å². The molecule has 1 N–H and O–H groups in total. The van der Waals surface area contributed by atoms with Crippen molar-refractivity contribution >= 4 is 41.5 Å². The third kappa shape index (κ3) is 10.8. The summed E-state index contributed by atoms with van der Waals surface area (Å²) < 4.78 is 9.97. The molecule has 2 aromatic rings. The summed E-state index contributed by atoms with van der Waals surface area (Å²) in [5.74, 6) is -1.41. The van der Waals surface area contributed by atoms with Crippen molar-refractivity contribution in [1.29, 1.82) is 0 Å². The van der Waals surface area contributed by atoms with Gasteiger partial charge < -0.3 is 14.8 Å². The predicted octanol–water partition coefficient (Wildman–Crippen LogP) is 3.78. The van der Waals surface area contributed by atoms with Crippen LogP contribution < -0.4 is 5.32 Å². The molecule has 0 saturated carbocycles. The highest BCUT2D eigenvalue weighted by molar-refractivity contribution is 7.99. The minimum atomic E-state index is -1.04. The van der Waals surface area contributed by atoms with E-state index in [-0.39, 0.29) is 31.1 Å². The van der Waals surface area contributed by atoms with E-state index < -0.39 is 17.5 Å². The lowest BCUT2D eigenvalue weighted by molar-refractivity contribution is -0.191. The Morgan fingerprint density at radius 2 is 1.43 bits per heavy atom. The fraction of sp³-hybridized carbons (Fsp3) is 0.370. The number of esters is 2. The van der Waals surface area contributed by atoms with Gasteiger partial charge in [-0.15, -0.1) is 0 Å². The van der Waals surface area contributed by atoms with Crippen molar-refractivity contribution in [2.24, 2.45) is 0 Å². The summed E-state index contributed by atoms with van der Waals surface area (Å²) in [6.45, 7) is 6.27. The first-order valence-electron chi connectivity index (χ1n) is 11.6. The molecule has 0 radical (unpaired) electrons. The lowest BCUT2D eigenvalue weighted by Gasteiger charge is -2.31. The number of rotatable bonds is 12. The van der Waals surface area contributed by atoms with E-state index in [9.17, 15) is 19.2 Å². The molecule has 1 unspecified atom stereocenters. The van der Waals surface area contributed by atoms with Crippen molar-refractivity contribution in [1.82, 2.24) is 5.32 Å². The molecule has 1 amide bonds. The molecule has 0 saturated heterocycles. The number of benzene rings is 2. The average molecular weight is 530 g/mol. The Kier molecular flexibility index (Phi) is 13.6. The number of aryl methyl sites for hydroxylation is 1. The van der Waals surface area contributed by atoms with Crippen LogP contribution in [0.25, 0.3) is 0 Å². The van der Waals surface area contributed by atoms with Crippen LogP contribution in [0.2, 0.25) is 0 Å². The molecule has 0 aromatic heterocycles. The van der Waals surface area contributed by atoms with Crippen LogP contribution in [0.4, 0.5) is 0 Å². The summed E-state index contributed by atoms with van der Waals surface area (Å²) >= 11 is 1.56. The van der Waals surface area contributed by atoms with E-state index in [1.165, 1.54) is 13.8 Å². The molecule has 0 aliphatic carbocycles. The van der Waals surface area contributed by atoms with Crippen molar-refractivity contribution in [2.45, 2.75) is 62.3 Å². The molecule has 198 valence electrons. The molecular weight excluding hydrogens is 498 g/mol. The van der Waals surface area contributed by atoms with Crippen molar-refractivity contribution in [3.63, 3.8) is 0 Å². The van der Waals surface area contributed by atoms with E-state index in [2.05, 4.69) is 5.32 Å². The lowest BCUT2D eigenvalue weighted by Crippen LogP contribution is -2.54. The van der Waals surface area contributed by atoms with Crippen LogP contribution in [0.3, 0.4) is 0 Å². The Balaban J connectivity index is 0.00000217. The van der Waals surface area contributed by atoms with Gasteiger partial charge in [-0.2, -0.15) is 9.59 Å². The van der Waals surface area contributed by atoms with E-state index in [0.717, 1.165) is 15.4 Å². The lowest BCUT2D eigenvalue weighted by atomic mass is 9.88. The van der Waals surface area contributed by atoms with E-state index >= 15 is 0 Å². The smallest absolute Gasteiger partial charge is 0.373 e. The number of ether oxygens (including phenoxy) is 2. The van der Waals surface area contributed by atoms with Gasteiger partial charge in [0.05, 0.1) is 6.61 Å². The number of hydrogen-bond donors (Lipinski definition) is 1. The molecule has 0 spiro atoms. The summed E-state index contributed by atoms with van der Waals surface area (Å²) in [7, 11) is 0. The van der Waals surface area contributed by atoms with E-state index in [4.69, 9.17) is 19.1 Å². The van der Waals surface area contributed by atoms with E-state index in [1.807, 2.05) is 43.3 Å². The molecule has 1 atom stereocenters. The number of carbonyl (C=O) groups excluding carboxylic acids is 6. The van der Waals surface area contributed by atoms with Crippen molar-refractivity contribution in [2.75, 3.05) is 13.2 Å². The maximum Gasteiger partial charge on any atom is 0.373 e. The Bertz CT molecular complexity index is 1090. The largest absolute Gasteiger partial charge is 0.464 e. The first-order chi connectivity index (χ1) is 17.6. The van der Waals surface area contributed by atoms with Gasteiger partial charge in [-0.05, 0) is 56.0 Å². The maximum absolute atomic E-state index is 12.6.